The fraction of sp³-hybridized carbons (Fsp3) is 0.726. The number of nitrogens with zero attached hydrogens (tertiary/aromatic N) is 8. The summed E-state index contributed by atoms with van der Waals surface area (Å²) in [6, 6.07) is 0. The van der Waals surface area contributed by atoms with E-state index in [9.17, 15) is 23.2 Å². The lowest BCUT2D eigenvalue weighted by Crippen LogP contribution is -2.56. The van der Waals surface area contributed by atoms with Gasteiger partial charge in [-0.3, -0.25) is 23.5 Å². The van der Waals surface area contributed by atoms with Gasteiger partial charge in [0, 0.05) is 38.5 Å². The van der Waals surface area contributed by atoms with E-state index < -0.39 is 78.5 Å². The van der Waals surface area contributed by atoms with Crippen LogP contribution in [0.4, 0.5) is 20.4 Å². The van der Waals surface area contributed by atoms with Gasteiger partial charge < -0.3 is 35.2 Å². The summed E-state index contributed by atoms with van der Waals surface area (Å²) >= 11 is 0. The van der Waals surface area contributed by atoms with Gasteiger partial charge in [-0.2, -0.15) is 28.7 Å². The highest BCUT2D eigenvalue weighted by Gasteiger charge is 2.62. The molecule has 4 aromatic heterocycles. The summed E-state index contributed by atoms with van der Waals surface area (Å²) in [5, 5.41) is 0. The van der Waals surface area contributed by atoms with Crippen molar-refractivity contribution in [1.82, 2.24) is 39.0 Å². The van der Waals surface area contributed by atoms with Gasteiger partial charge in [-0.05, 0) is 19.3 Å². The number of esters is 3. The molecule has 0 amide bonds. The molecule has 6 rings (SSSR count). The molecule has 4 aromatic rings. The van der Waals surface area contributed by atoms with E-state index in [1.807, 2.05) is 0 Å². The Balaban J connectivity index is 1.31. The maximum absolute atomic E-state index is 14.9. The molecule has 2 fully saturated rings. The summed E-state index contributed by atoms with van der Waals surface area (Å²) in [4.78, 5) is 66.5. The number of halogens is 2. The van der Waals surface area contributed by atoms with Gasteiger partial charge in [0.05, 0.1) is 12.7 Å². The van der Waals surface area contributed by atoms with E-state index in [1.54, 1.807) is 0 Å². The van der Waals surface area contributed by atoms with E-state index in [-0.39, 0.29) is 66.1 Å². The first-order valence-corrected chi connectivity index (χ1v) is 31.0. The molecule has 0 bridgehead atoms. The molecule has 452 valence electrons. The van der Waals surface area contributed by atoms with Crippen LogP contribution in [0, 0.1) is 36.8 Å². The number of rotatable bonds is 40. The Kier molecular flexibility index (Phi) is 27.0. The van der Waals surface area contributed by atoms with Crippen molar-refractivity contribution in [3.05, 3.63) is 24.8 Å². The number of carbonyl (C=O) groups excluding carboxylic acids is 3. The SMILES string of the molecule is C#C[C@@]1(CC(OC(=O)CCCCCCCCCCCCC)[C@@]2(C#C)O[C@@H](n3cnc4c(N)nc(F)nc43)C[C@@H]2OC(=O)CCCCCCCCC)O[C@@H](n2cnc3c(N)nc(F)nc32)C[C@@H]1OC(=O)CCCCCCCCCCCCC. The van der Waals surface area contributed by atoms with Crippen molar-refractivity contribution in [1.29, 1.82) is 0 Å². The largest absolute Gasteiger partial charge is 0.458 e. The van der Waals surface area contributed by atoms with Gasteiger partial charge in [0.1, 0.15) is 24.7 Å². The van der Waals surface area contributed by atoms with Gasteiger partial charge in [0.15, 0.2) is 45.7 Å². The lowest BCUT2D eigenvalue weighted by molar-refractivity contribution is -0.196. The number of fused-ring (bicyclic) bond motifs is 2. The maximum Gasteiger partial charge on any atom is 0.312 e. The molecule has 7 atom stereocenters. The summed E-state index contributed by atoms with van der Waals surface area (Å²) in [5.41, 5.74) is 8.26. The first kappa shape index (κ1) is 65.2. The molecule has 4 N–H and O–H groups in total. The monoisotopic (exact) mass is 1140 g/mol. The quantitative estimate of drug-likeness (QED) is 0.0138. The molecule has 2 aliphatic rings. The Hall–Kier alpha value is -5.99. The third kappa shape index (κ3) is 18.5. The van der Waals surface area contributed by atoms with Crippen molar-refractivity contribution in [2.75, 3.05) is 11.5 Å². The Morgan fingerprint density at radius 2 is 0.927 bits per heavy atom. The minimum atomic E-state index is -2.12. The first-order chi connectivity index (χ1) is 39.8. The van der Waals surface area contributed by atoms with Crippen molar-refractivity contribution in [3.8, 4) is 24.7 Å². The molecule has 0 aromatic carbocycles. The number of nitrogen functional groups attached to an aromatic ring is 2. The molecular formula is C62H92F2N10O8. The topological polar surface area (TPSA) is 237 Å². The zero-order valence-electron chi connectivity index (χ0n) is 49.2. The summed E-state index contributed by atoms with van der Waals surface area (Å²) in [6.45, 7) is 6.58. The van der Waals surface area contributed by atoms with Crippen molar-refractivity contribution in [2.24, 2.45) is 0 Å². The maximum atomic E-state index is 14.9. The van der Waals surface area contributed by atoms with Crippen molar-refractivity contribution in [2.45, 2.75) is 287 Å². The van der Waals surface area contributed by atoms with Crippen LogP contribution in [0.1, 0.15) is 258 Å². The molecule has 0 saturated carbocycles. The minimum absolute atomic E-state index is 0.000431. The number of terminal acetylenes is 2. The fourth-order valence-electron chi connectivity index (χ4n) is 11.5. The van der Waals surface area contributed by atoms with Crippen molar-refractivity contribution >= 4 is 51.9 Å². The molecule has 0 aliphatic carbocycles. The number of carbonyl (C=O) groups is 3. The molecule has 6 heterocycles. The van der Waals surface area contributed by atoms with Gasteiger partial charge in [-0.1, -0.05) is 200 Å². The highest BCUT2D eigenvalue weighted by molar-refractivity contribution is 5.82. The number of unbranched alkanes of at least 4 members (excludes halogenated alkanes) is 26. The third-order valence-corrected chi connectivity index (χ3v) is 16.2. The van der Waals surface area contributed by atoms with Crippen LogP contribution in [0.2, 0.25) is 0 Å². The van der Waals surface area contributed by atoms with Crippen LogP contribution in [-0.2, 0) is 38.1 Å². The zero-order chi connectivity index (χ0) is 58.7. The standard InChI is InChI=1S/C62H92F2N10O8/c1-6-11-14-17-20-22-24-26-29-32-34-37-50(75)78-45-40-48(73-43-67-53-55(65)69-59(63)71-57(53)73)81-61(45,9-4)42-47(80-52(77)39-36-33-30-27-25-23-21-18-15-12-7-2)62(10-5)46(79-51(76)38-35-31-28-19-16-13-8-3)41-49(82-62)74-44-68-54-56(66)70-60(64)72-58(54)74/h4-5,43-49H,6-8,11-42H2,1-3H3,(H2,65,69,71)(H2,66,70,72)/t45-,46-,47?,48+,49+,61-,62-/m0/s1. The molecule has 2 aliphatic heterocycles. The molecule has 2 saturated heterocycles. The summed E-state index contributed by atoms with van der Waals surface area (Å²) < 4.78 is 65.6. The van der Waals surface area contributed by atoms with E-state index in [2.05, 4.69) is 62.5 Å². The average molecular weight is 1140 g/mol. The molecular weight excluding hydrogens is 1050 g/mol. The number of hydrogen-bond acceptors (Lipinski definition) is 16. The number of nitrogens with two attached hydrogens (primary N) is 2. The van der Waals surface area contributed by atoms with Crippen molar-refractivity contribution in [3.63, 3.8) is 0 Å². The Morgan fingerprint density at radius 3 is 1.33 bits per heavy atom. The smallest absolute Gasteiger partial charge is 0.312 e. The third-order valence-electron chi connectivity index (χ3n) is 16.2. The molecule has 20 heteroatoms. The second-order valence-corrected chi connectivity index (χ2v) is 22.6. The van der Waals surface area contributed by atoms with Gasteiger partial charge in [0.25, 0.3) is 0 Å². The van der Waals surface area contributed by atoms with Crippen LogP contribution in [0.15, 0.2) is 12.7 Å². The minimum Gasteiger partial charge on any atom is -0.458 e. The molecule has 18 nitrogen and oxygen atoms in total. The molecule has 0 spiro atoms. The van der Waals surface area contributed by atoms with E-state index in [0.29, 0.717) is 19.3 Å². The first-order valence-electron chi connectivity index (χ1n) is 31.0. The predicted octanol–water partition coefficient (Wildman–Crippen LogP) is 13.4. The number of aromatic nitrogens is 8. The van der Waals surface area contributed by atoms with Gasteiger partial charge >= 0.3 is 30.1 Å². The number of ether oxygens (including phenoxy) is 5. The van der Waals surface area contributed by atoms with Crippen LogP contribution in [0.25, 0.3) is 22.3 Å². The lowest BCUT2D eigenvalue weighted by Gasteiger charge is -2.40. The Bertz CT molecular complexity index is 2710. The van der Waals surface area contributed by atoms with E-state index in [1.165, 1.54) is 98.8 Å². The number of anilines is 2. The second-order valence-electron chi connectivity index (χ2n) is 22.6. The lowest BCUT2D eigenvalue weighted by atomic mass is 9.81. The van der Waals surface area contributed by atoms with Gasteiger partial charge in [-0.15, -0.1) is 12.8 Å². The summed E-state index contributed by atoms with van der Waals surface area (Å²) in [7, 11) is 0. The van der Waals surface area contributed by atoms with Crippen LogP contribution >= 0.6 is 0 Å². The highest BCUT2D eigenvalue weighted by Crippen LogP contribution is 2.49. The highest BCUT2D eigenvalue weighted by atomic mass is 19.1. The van der Waals surface area contributed by atoms with Crippen LogP contribution in [0.3, 0.4) is 0 Å². The summed E-state index contributed by atoms with van der Waals surface area (Å²) in [6.07, 6.45) is 37.2. The van der Waals surface area contributed by atoms with Crippen LogP contribution in [-0.4, -0.2) is 86.5 Å². The van der Waals surface area contributed by atoms with E-state index >= 15 is 0 Å². The molecule has 1 unspecified atom stereocenters. The van der Waals surface area contributed by atoms with E-state index in [4.69, 9.17) is 48.0 Å². The normalized spacial score (nSPS) is 21.0. The zero-order valence-corrected chi connectivity index (χ0v) is 49.2. The van der Waals surface area contributed by atoms with Crippen LogP contribution in [0.5, 0.6) is 0 Å². The fourth-order valence-corrected chi connectivity index (χ4v) is 11.5. The van der Waals surface area contributed by atoms with Crippen molar-refractivity contribution < 1.29 is 46.8 Å². The number of imidazole rings is 2. The molecule has 0 radical (unpaired) electrons. The summed E-state index contributed by atoms with van der Waals surface area (Å²) in [5.74, 6) is 3.36. The predicted molar refractivity (Wildman–Crippen MR) is 311 cm³/mol. The Labute approximate surface area is 484 Å². The van der Waals surface area contributed by atoms with Gasteiger partial charge in [-0.25, -0.2) is 9.97 Å². The van der Waals surface area contributed by atoms with Gasteiger partial charge in [0.2, 0.25) is 5.60 Å². The van der Waals surface area contributed by atoms with Crippen LogP contribution < -0.4 is 11.5 Å². The molecule has 82 heavy (non-hydrogen) atoms. The second kappa shape index (κ2) is 33.9. The number of hydrogen-bond donors (Lipinski definition) is 2. The average Bonchev–Trinajstić information content (AvgIpc) is 4.38. The Morgan fingerprint density at radius 1 is 0.561 bits per heavy atom. The van der Waals surface area contributed by atoms with E-state index in [0.717, 1.165) is 89.9 Å².